The third-order valence-electron chi connectivity index (χ3n) is 9.46. The van der Waals surface area contributed by atoms with Gasteiger partial charge in [-0.15, -0.1) is 0 Å². The van der Waals surface area contributed by atoms with Gasteiger partial charge >= 0.3 is 12.4 Å². The Hall–Kier alpha value is -7.78. The first-order valence-corrected chi connectivity index (χ1v) is 21.2. The number of nitrogens with two attached hydrogens (primary N) is 1. The molecule has 0 unspecified atom stereocenters. The molecule has 0 aliphatic heterocycles. The summed E-state index contributed by atoms with van der Waals surface area (Å²) in [6.45, 7) is 0.628. The second-order valence-corrected chi connectivity index (χ2v) is 15.3. The van der Waals surface area contributed by atoms with E-state index in [4.69, 9.17) is 53.0 Å². The predicted molar refractivity (Wildman–Crippen MR) is 248 cm³/mol. The minimum absolute atomic E-state index is 0.0980. The van der Waals surface area contributed by atoms with Crippen molar-refractivity contribution in [3.8, 4) is 34.8 Å². The van der Waals surface area contributed by atoms with Crippen molar-refractivity contribution in [2.24, 2.45) is 5.73 Å². The smallest absolute Gasteiger partial charge is 0.417 e. The van der Waals surface area contributed by atoms with Crippen molar-refractivity contribution in [3.05, 3.63) is 166 Å². The van der Waals surface area contributed by atoms with E-state index in [0.717, 1.165) is 12.1 Å². The molecular formula is C48H35Cl2F6N7O7. The molecule has 2 aromatic heterocycles. The van der Waals surface area contributed by atoms with E-state index in [1.54, 1.807) is 84.9 Å². The highest BCUT2D eigenvalue weighted by Crippen LogP contribution is 2.37. The van der Waals surface area contributed by atoms with Crippen LogP contribution in [0, 0.1) is 0 Å². The highest BCUT2D eigenvalue weighted by atomic mass is 35.5. The lowest BCUT2D eigenvalue weighted by Crippen LogP contribution is -2.14. The van der Waals surface area contributed by atoms with Crippen LogP contribution in [0.5, 0.6) is 34.8 Å². The van der Waals surface area contributed by atoms with Gasteiger partial charge in [-0.25, -0.2) is 19.9 Å². The second kappa shape index (κ2) is 22.1. The van der Waals surface area contributed by atoms with Gasteiger partial charge in [-0.05, 0) is 109 Å². The molecule has 0 fully saturated rings. The van der Waals surface area contributed by atoms with Gasteiger partial charge in [-0.2, -0.15) is 26.3 Å². The molecule has 22 heteroatoms. The molecule has 8 rings (SSSR count). The monoisotopic (exact) mass is 1010 g/mol. The number of halogens is 8. The van der Waals surface area contributed by atoms with Gasteiger partial charge in [0.2, 0.25) is 11.8 Å². The fraction of sp³-hybridized carbons (Fsp3) is 0.125. The zero-order chi connectivity index (χ0) is 50.0. The zero-order valence-corrected chi connectivity index (χ0v) is 37.3. The molecule has 2 amide bonds. The molecule has 0 spiro atoms. The van der Waals surface area contributed by atoms with Crippen LogP contribution in [-0.2, 0) is 12.4 Å². The number of hydrogen-bond donors (Lipinski definition) is 4. The van der Waals surface area contributed by atoms with Gasteiger partial charge in [-0.1, -0.05) is 23.2 Å². The molecule has 0 saturated heterocycles. The van der Waals surface area contributed by atoms with Crippen LogP contribution in [0.2, 0.25) is 10.0 Å². The van der Waals surface area contributed by atoms with Gasteiger partial charge in [0.1, 0.15) is 36.2 Å². The first kappa shape index (κ1) is 50.1. The number of carbonyl (C=O) groups excluding carboxylic acids is 2. The molecule has 0 bridgehead atoms. The largest absolute Gasteiger partial charge is 0.475 e. The van der Waals surface area contributed by atoms with E-state index < -0.39 is 45.3 Å². The molecule has 360 valence electrons. The normalized spacial score (nSPS) is 11.3. The maximum absolute atomic E-state index is 13.0. The van der Waals surface area contributed by atoms with E-state index in [1.165, 1.54) is 24.5 Å². The number of nitrogens with one attached hydrogen (secondary N) is 2. The average molecular weight is 1010 g/mol. The predicted octanol–water partition coefficient (Wildman–Crippen LogP) is 11.4. The molecule has 8 aromatic rings. The van der Waals surface area contributed by atoms with Crippen molar-refractivity contribution >= 4 is 68.5 Å². The van der Waals surface area contributed by atoms with E-state index in [2.05, 4.69) is 30.6 Å². The summed E-state index contributed by atoms with van der Waals surface area (Å²) in [5, 5.41) is 13.0. The maximum atomic E-state index is 13.0. The van der Waals surface area contributed by atoms with Gasteiger partial charge in [0, 0.05) is 41.2 Å². The van der Waals surface area contributed by atoms with Crippen LogP contribution in [0.3, 0.4) is 0 Å². The van der Waals surface area contributed by atoms with E-state index in [0.29, 0.717) is 87.6 Å². The van der Waals surface area contributed by atoms with E-state index >= 15 is 0 Å². The third kappa shape index (κ3) is 13.3. The highest BCUT2D eigenvalue weighted by Gasteiger charge is 2.35. The van der Waals surface area contributed by atoms with E-state index in [1.807, 2.05) is 0 Å². The standard InChI is InChI=1S/C24H18ClF3N4O3.C24H17ClF3N3O4/c25-19-7-1-14(11-18(19)24(26,27)28)23(33)31-15-2-4-16(5-3-15)35-17-6-8-20-21(12-17)32-22(13-30-20)34-10-9-29;25-19-7-1-14(11-18(19)24(26,27)28)23(33)30-15-2-4-16(5-3-15)35-17-6-8-20-21(12-17)31-22(13-29-20)34-10-9-32/h1-8,11-13H,9-10,29H2,(H,31,33);1-8,11-13,32H,9-10H2,(H,30,33). The number of rotatable bonds is 14. The zero-order valence-electron chi connectivity index (χ0n) is 35.8. The number of benzene rings is 6. The molecule has 5 N–H and O–H groups in total. The summed E-state index contributed by atoms with van der Waals surface area (Å²) < 4.78 is 101. The van der Waals surface area contributed by atoms with Crippen molar-refractivity contribution in [3.63, 3.8) is 0 Å². The van der Waals surface area contributed by atoms with Crippen LogP contribution in [0.4, 0.5) is 37.7 Å². The molecule has 0 aliphatic rings. The first-order chi connectivity index (χ1) is 33.4. The Balaban J connectivity index is 0.000000206. The Bertz CT molecular complexity index is 2940. The van der Waals surface area contributed by atoms with Gasteiger partial charge < -0.3 is 40.4 Å². The number of aliphatic hydroxyl groups is 1. The van der Waals surface area contributed by atoms with Crippen molar-refractivity contribution in [1.29, 1.82) is 0 Å². The van der Waals surface area contributed by atoms with Crippen LogP contribution >= 0.6 is 23.2 Å². The lowest BCUT2D eigenvalue weighted by molar-refractivity contribution is -0.138. The number of aromatic nitrogens is 4. The van der Waals surface area contributed by atoms with Crippen LogP contribution in [0.15, 0.2) is 134 Å². The van der Waals surface area contributed by atoms with Crippen molar-refractivity contribution in [2.45, 2.75) is 12.4 Å². The van der Waals surface area contributed by atoms with Gasteiger partial charge in [-0.3, -0.25) is 9.59 Å². The number of nitrogens with zero attached hydrogens (tertiary/aromatic N) is 4. The summed E-state index contributed by atoms with van der Waals surface area (Å²) in [4.78, 5) is 42.0. The number of fused-ring (bicyclic) bond motifs is 2. The Kier molecular flexibility index (Phi) is 15.8. The van der Waals surface area contributed by atoms with Gasteiger partial charge in [0.25, 0.3) is 11.8 Å². The summed E-state index contributed by atoms with van der Waals surface area (Å²) in [7, 11) is 0. The Morgan fingerprint density at radius 2 is 0.943 bits per heavy atom. The van der Waals surface area contributed by atoms with Crippen LogP contribution < -0.4 is 35.3 Å². The van der Waals surface area contributed by atoms with Gasteiger partial charge in [0.15, 0.2) is 0 Å². The van der Waals surface area contributed by atoms with Crippen LogP contribution in [-0.4, -0.2) is 63.2 Å². The van der Waals surface area contributed by atoms with Crippen molar-refractivity contribution < 1.29 is 60.0 Å². The number of hydrogen-bond acceptors (Lipinski definition) is 12. The molecule has 0 atom stereocenters. The Morgan fingerprint density at radius 1 is 0.543 bits per heavy atom. The quantitative estimate of drug-likeness (QED) is 0.0755. The Morgan fingerprint density at radius 3 is 1.33 bits per heavy atom. The molecule has 70 heavy (non-hydrogen) atoms. The topological polar surface area (TPSA) is 193 Å². The minimum Gasteiger partial charge on any atom is -0.475 e. The SMILES string of the molecule is NCCOc1cnc2ccc(Oc3ccc(NC(=O)c4ccc(Cl)c(C(F)(F)F)c4)cc3)cc2n1.O=C(Nc1ccc(Oc2ccc3ncc(OCCO)nc3c2)cc1)c1ccc(Cl)c(C(F)(F)F)c1. The van der Waals surface area contributed by atoms with E-state index in [-0.39, 0.29) is 30.2 Å². The number of amides is 2. The number of alkyl halides is 6. The number of carbonyl (C=O) groups is 2. The fourth-order valence-corrected chi connectivity index (χ4v) is 6.64. The lowest BCUT2D eigenvalue weighted by atomic mass is 10.1. The van der Waals surface area contributed by atoms with Gasteiger partial charge in [0.05, 0.1) is 62.2 Å². The fourth-order valence-electron chi connectivity index (χ4n) is 6.19. The van der Waals surface area contributed by atoms with E-state index in [9.17, 15) is 35.9 Å². The minimum atomic E-state index is -4.67. The maximum Gasteiger partial charge on any atom is 0.417 e. The molecule has 14 nitrogen and oxygen atoms in total. The summed E-state index contributed by atoms with van der Waals surface area (Å²) in [6.07, 6.45) is -6.37. The highest BCUT2D eigenvalue weighted by molar-refractivity contribution is 6.32. The molecular weight excluding hydrogens is 971 g/mol. The summed E-state index contributed by atoms with van der Waals surface area (Å²) in [6, 6.07) is 28.8. The van der Waals surface area contributed by atoms with Crippen LogP contribution in [0.1, 0.15) is 31.8 Å². The number of aliphatic hydroxyl groups excluding tert-OH is 1. The summed E-state index contributed by atoms with van der Waals surface area (Å²) in [5.41, 5.74) is 6.05. The summed E-state index contributed by atoms with van der Waals surface area (Å²) in [5.74, 6) is 1.10. The van der Waals surface area contributed by atoms with Crippen molar-refractivity contribution in [2.75, 3.05) is 37.0 Å². The summed E-state index contributed by atoms with van der Waals surface area (Å²) >= 11 is 11.2. The lowest BCUT2D eigenvalue weighted by Gasteiger charge is -2.12. The number of ether oxygens (including phenoxy) is 4. The average Bonchev–Trinajstić information content (AvgIpc) is 3.33. The number of anilines is 2. The van der Waals surface area contributed by atoms with Crippen LogP contribution in [0.25, 0.3) is 22.1 Å². The first-order valence-electron chi connectivity index (χ1n) is 20.5. The second-order valence-electron chi connectivity index (χ2n) is 14.5. The molecule has 6 aromatic carbocycles. The third-order valence-corrected chi connectivity index (χ3v) is 10.1. The molecule has 0 radical (unpaired) electrons. The van der Waals surface area contributed by atoms with Crippen molar-refractivity contribution in [1.82, 2.24) is 19.9 Å². The molecule has 0 aliphatic carbocycles. The molecule has 2 heterocycles. The molecule has 0 saturated carbocycles. The Labute approximate surface area is 402 Å².